The number of methoxy groups -OCH3 is 2. The molecule has 1 spiro atoms. The van der Waals surface area contributed by atoms with Gasteiger partial charge >= 0.3 is 5.97 Å². The summed E-state index contributed by atoms with van der Waals surface area (Å²) >= 11 is 6.60. The van der Waals surface area contributed by atoms with Crippen molar-refractivity contribution in [3.63, 3.8) is 0 Å². The van der Waals surface area contributed by atoms with Crippen LogP contribution in [0.3, 0.4) is 0 Å². The topological polar surface area (TPSA) is 77.4 Å². The van der Waals surface area contributed by atoms with Crippen LogP contribution in [-0.4, -0.2) is 42.7 Å². The van der Waals surface area contributed by atoms with Gasteiger partial charge in [0.2, 0.25) is 0 Å². The van der Waals surface area contributed by atoms with Crippen molar-refractivity contribution in [2.75, 3.05) is 14.2 Å². The van der Waals surface area contributed by atoms with Crippen molar-refractivity contribution >= 4 is 43.5 Å². The van der Waals surface area contributed by atoms with Gasteiger partial charge in [-0.25, -0.2) is 4.79 Å². The van der Waals surface area contributed by atoms with E-state index in [4.69, 9.17) is 9.57 Å². The second-order valence-electron chi connectivity index (χ2n) is 4.03. The number of halogens is 2. The SMILES string of the molecule is COC(=O)C1=NO[C@]2(C=C(Br)C(OC)=C(Br)[C@H]2O)C1. The molecule has 0 saturated carbocycles. The quantitative estimate of drug-likeness (QED) is 0.717. The zero-order chi connectivity index (χ0) is 14.2. The third-order valence-corrected chi connectivity index (χ3v) is 4.29. The first kappa shape index (κ1) is 14.5. The molecule has 2 aliphatic rings. The molecular weight excluding hydrogens is 386 g/mol. The highest BCUT2D eigenvalue weighted by Crippen LogP contribution is 2.43. The number of oxime groups is 1. The van der Waals surface area contributed by atoms with Gasteiger partial charge in [0.1, 0.15) is 11.9 Å². The molecule has 1 aliphatic carbocycles. The number of rotatable bonds is 2. The molecule has 0 amide bonds. The van der Waals surface area contributed by atoms with Gasteiger partial charge < -0.3 is 19.4 Å². The molecular formula is C11H11Br2NO5. The van der Waals surface area contributed by atoms with Gasteiger partial charge in [-0.05, 0) is 37.9 Å². The predicted octanol–water partition coefficient (Wildman–Crippen LogP) is 1.58. The zero-order valence-corrected chi connectivity index (χ0v) is 13.3. The highest BCUT2D eigenvalue weighted by molar-refractivity contribution is 9.12. The van der Waals surface area contributed by atoms with Gasteiger partial charge in [0, 0.05) is 6.42 Å². The lowest BCUT2D eigenvalue weighted by Crippen LogP contribution is -2.44. The summed E-state index contributed by atoms with van der Waals surface area (Å²) in [6.45, 7) is 0. The number of ether oxygens (including phenoxy) is 2. The Kier molecular flexibility index (Phi) is 4.03. The Bertz CT molecular complexity index is 513. The molecule has 8 heteroatoms. The lowest BCUT2D eigenvalue weighted by Gasteiger charge is -2.33. The Balaban J connectivity index is 2.31. The number of esters is 1. The van der Waals surface area contributed by atoms with Crippen LogP contribution in [-0.2, 0) is 19.1 Å². The minimum atomic E-state index is -1.14. The van der Waals surface area contributed by atoms with Crippen LogP contribution in [0.2, 0.25) is 0 Å². The van der Waals surface area contributed by atoms with E-state index in [9.17, 15) is 9.90 Å². The van der Waals surface area contributed by atoms with Crippen molar-refractivity contribution in [1.82, 2.24) is 0 Å². The van der Waals surface area contributed by atoms with Crippen molar-refractivity contribution in [1.29, 1.82) is 0 Å². The van der Waals surface area contributed by atoms with Crippen molar-refractivity contribution in [3.05, 3.63) is 20.8 Å². The van der Waals surface area contributed by atoms with Crippen molar-refractivity contribution in [3.8, 4) is 0 Å². The molecule has 0 saturated heterocycles. The van der Waals surface area contributed by atoms with E-state index in [1.54, 1.807) is 6.08 Å². The first-order valence-corrected chi connectivity index (χ1v) is 6.87. The maximum Gasteiger partial charge on any atom is 0.356 e. The predicted molar refractivity (Wildman–Crippen MR) is 73.9 cm³/mol. The first-order valence-electron chi connectivity index (χ1n) is 5.29. The van der Waals surface area contributed by atoms with Crippen LogP contribution >= 0.6 is 31.9 Å². The molecule has 0 aromatic rings. The van der Waals surface area contributed by atoms with Crippen molar-refractivity contribution in [2.45, 2.75) is 18.1 Å². The Morgan fingerprint density at radius 2 is 2.26 bits per heavy atom. The highest BCUT2D eigenvalue weighted by atomic mass is 79.9. The van der Waals surface area contributed by atoms with Gasteiger partial charge in [-0.15, -0.1) is 0 Å². The first-order chi connectivity index (χ1) is 8.95. The van der Waals surface area contributed by atoms with E-state index in [-0.39, 0.29) is 12.1 Å². The summed E-state index contributed by atoms with van der Waals surface area (Å²) in [6.07, 6.45) is 0.706. The normalized spacial score (nSPS) is 29.8. The van der Waals surface area contributed by atoms with Gasteiger partial charge in [-0.2, -0.15) is 0 Å². The minimum absolute atomic E-state index is 0.113. The number of allylic oxidation sites excluding steroid dienone is 1. The van der Waals surface area contributed by atoms with Crippen LogP contribution in [0.25, 0.3) is 0 Å². The van der Waals surface area contributed by atoms with Crippen LogP contribution in [0.5, 0.6) is 0 Å². The molecule has 104 valence electrons. The Hall–Kier alpha value is -0.860. The van der Waals surface area contributed by atoms with E-state index >= 15 is 0 Å². The molecule has 0 unspecified atom stereocenters. The van der Waals surface area contributed by atoms with Crippen LogP contribution in [0.1, 0.15) is 6.42 Å². The standard InChI is InChI=1S/C11H11Br2NO5/c1-17-8-5(12)3-11(9(15)7(8)13)4-6(14-19-11)10(16)18-2/h3,9,15H,4H2,1-2H3/t9-,11-/m1/s1. The Morgan fingerprint density at radius 1 is 1.58 bits per heavy atom. The largest absolute Gasteiger partial charge is 0.495 e. The van der Waals surface area contributed by atoms with Gasteiger partial charge in [0.05, 0.1) is 23.2 Å². The van der Waals surface area contributed by atoms with E-state index in [2.05, 4.69) is 41.8 Å². The number of carbonyl (C=O) groups is 1. The van der Waals surface area contributed by atoms with Crippen molar-refractivity contribution < 1.29 is 24.2 Å². The monoisotopic (exact) mass is 395 g/mol. The number of hydrogen-bond acceptors (Lipinski definition) is 6. The summed E-state index contributed by atoms with van der Waals surface area (Å²) in [5, 5.41) is 14.0. The molecule has 0 aromatic carbocycles. The number of aliphatic hydroxyl groups is 1. The highest BCUT2D eigenvalue weighted by Gasteiger charge is 2.50. The lowest BCUT2D eigenvalue weighted by molar-refractivity contribution is -0.132. The van der Waals surface area contributed by atoms with Crippen LogP contribution in [0.15, 0.2) is 26.0 Å². The molecule has 2 atom stereocenters. The molecule has 1 N–H and O–H groups in total. The third-order valence-electron chi connectivity index (χ3n) is 2.90. The summed E-state index contributed by atoms with van der Waals surface area (Å²) in [6, 6.07) is 0. The molecule has 0 bridgehead atoms. The van der Waals surface area contributed by atoms with Crippen LogP contribution < -0.4 is 0 Å². The van der Waals surface area contributed by atoms with Crippen molar-refractivity contribution in [2.24, 2.45) is 5.16 Å². The fourth-order valence-electron chi connectivity index (χ4n) is 1.92. The van der Waals surface area contributed by atoms with E-state index in [0.29, 0.717) is 14.7 Å². The average Bonchev–Trinajstić information content (AvgIpc) is 2.81. The van der Waals surface area contributed by atoms with E-state index in [1.165, 1.54) is 14.2 Å². The van der Waals surface area contributed by atoms with Crippen LogP contribution in [0.4, 0.5) is 0 Å². The Morgan fingerprint density at radius 3 is 2.84 bits per heavy atom. The van der Waals surface area contributed by atoms with Gasteiger partial charge in [0.25, 0.3) is 0 Å². The minimum Gasteiger partial charge on any atom is -0.495 e. The third kappa shape index (κ3) is 2.32. The fourth-order valence-corrected chi connectivity index (χ4v) is 3.72. The van der Waals surface area contributed by atoms with Gasteiger partial charge in [0.15, 0.2) is 11.3 Å². The molecule has 0 radical (unpaired) electrons. The zero-order valence-electron chi connectivity index (χ0n) is 10.1. The molecule has 19 heavy (non-hydrogen) atoms. The second kappa shape index (κ2) is 5.26. The van der Waals surface area contributed by atoms with Gasteiger partial charge in [-0.1, -0.05) is 5.16 Å². The molecule has 2 rings (SSSR count). The van der Waals surface area contributed by atoms with Crippen LogP contribution in [0, 0.1) is 0 Å². The molecule has 6 nitrogen and oxygen atoms in total. The molecule has 1 aliphatic heterocycles. The maximum absolute atomic E-state index is 11.4. The Labute approximate surface area is 126 Å². The summed E-state index contributed by atoms with van der Waals surface area (Å²) in [5.74, 6) is -0.112. The maximum atomic E-state index is 11.4. The fraction of sp³-hybridized carbons (Fsp3) is 0.455. The summed E-state index contributed by atoms with van der Waals surface area (Å²) < 4.78 is 10.8. The second-order valence-corrected chi connectivity index (χ2v) is 5.74. The molecule has 1 heterocycles. The van der Waals surface area contributed by atoms with E-state index < -0.39 is 17.7 Å². The molecule has 0 fully saturated rings. The summed E-state index contributed by atoms with van der Waals surface area (Å²) in [7, 11) is 2.75. The van der Waals surface area contributed by atoms with Gasteiger partial charge in [-0.3, -0.25) is 0 Å². The number of hydrogen-bond donors (Lipinski definition) is 1. The van der Waals surface area contributed by atoms with E-state index in [0.717, 1.165) is 0 Å². The number of aliphatic hydroxyl groups excluding tert-OH is 1. The summed E-state index contributed by atoms with van der Waals surface area (Å²) in [4.78, 5) is 16.7. The average molecular weight is 397 g/mol. The number of nitrogens with zero attached hydrogens (tertiary/aromatic N) is 1. The smallest absolute Gasteiger partial charge is 0.356 e. The number of carbonyl (C=O) groups excluding carboxylic acids is 1. The lowest BCUT2D eigenvalue weighted by atomic mass is 9.87. The molecule has 0 aromatic heterocycles. The van der Waals surface area contributed by atoms with E-state index in [1.807, 2.05) is 0 Å². The summed E-state index contributed by atoms with van der Waals surface area (Å²) in [5.41, 5.74) is -1.01.